The molecule has 0 fully saturated rings. The second-order valence-corrected chi connectivity index (χ2v) is 7.34. The lowest BCUT2D eigenvalue weighted by atomic mass is 10.0. The number of amides is 1. The van der Waals surface area contributed by atoms with Crippen LogP contribution in [0.3, 0.4) is 0 Å². The highest BCUT2D eigenvalue weighted by molar-refractivity contribution is 7.99. The summed E-state index contributed by atoms with van der Waals surface area (Å²) in [6, 6.07) is 11.3. The quantitative estimate of drug-likeness (QED) is 0.798. The topological polar surface area (TPSA) is 58.6 Å². The molecule has 0 saturated heterocycles. The molecule has 7 heteroatoms. The summed E-state index contributed by atoms with van der Waals surface area (Å²) in [5.74, 6) is -0.180. The van der Waals surface area contributed by atoms with Gasteiger partial charge in [-0.3, -0.25) is 10.1 Å². The highest BCUT2D eigenvalue weighted by Gasteiger charge is 2.26. The number of aryl methyl sites for hydroxylation is 1. The van der Waals surface area contributed by atoms with Gasteiger partial charge in [0.25, 0.3) is 0 Å². The van der Waals surface area contributed by atoms with Crippen molar-refractivity contribution in [3.05, 3.63) is 59.4 Å². The third-order valence-corrected chi connectivity index (χ3v) is 5.48. The Bertz CT molecular complexity index is 859. The van der Waals surface area contributed by atoms with E-state index in [1.54, 1.807) is 29.7 Å². The SMILES string of the molecule is COC(=O)C(NCC(=O)N1CCSc2ccccc21)c1ccc(F)c(C)c1. The van der Waals surface area contributed by atoms with E-state index in [-0.39, 0.29) is 18.3 Å². The fourth-order valence-corrected chi connectivity index (χ4v) is 4.01. The molecule has 3 rings (SSSR count). The summed E-state index contributed by atoms with van der Waals surface area (Å²) in [7, 11) is 1.29. The summed E-state index contributed by atoms with van der Waals surface area (Å²) < 4.78 is 18.4. The van der Waals surface area contributed by atoms with Crippen LogP contribution >= 0.6 is 11.8 Å². The van der Waals surface area contributed by atoms with E-state index in [0.717, 1.165) is 16.3 Å². The zero-order valence-corrected chi connectivity index (χ0v) is 16.0. The lowest BCUT2D eigenvalue weighted by Crippen LogP contribution is -2.43. The van der Waals surface area contributed by atoms with Crippen LogP contribution in [0.2, 0.25) is 0 Å². The molecule has 0 radical (unpaired) electrons. The normalized spacial score (nSPS) is 14.4. The number of ether oxygens (including phenoxy) is 1. The van der Waals surface area contributed by atoms with E-state index >= 15 is 0 Å². The van der Waals surface area contributed by atoms with Gasteiger partial charge in [-0.25, -0.2) is 9.18 Å². The van der Waals surface area contributed by atoms with Gasteiger partial charge in [0.05, 0.1) is 19.3 Å². The standard InChI is InChI=1S/C20H21FN2O3S/c1-13-11-14(7-8-15(13)21)19(20(25)26-2)22-12-18(24)23-9-10-27-17-6-4-3-5-16(17)23/h3-8,11,19,22H,9-10,12H2,1-2H3. The number of benzene rings is 2. The Hall–Kier alpha value is -2.38. The van der Waals surface area contributed by atoms with E-state index in [0.29, 0.717) is 17.7 Å². The van der Waals surface area contributed by atoms with Gasteiger partial charge in [0.15, 0.2) is 0 Å². The molecule has 1 unspecified atom stereocenters. The first kappa shape index (κ1) is 19.4. The third kappa shape index (κ3) is 4.31. The Balaban J connectivity index is 1.75. The minimum atomic E-state index is -0.840. The van der Waals surface area contributed by atoms with Gasteiger partial charge < -0.3 is 9.64 Å². The van der Waals surface area contributed by atoms with Crippen molar-refractivity contribution in [2.75, 3.05) is 30.9 Å². The van der Waals surface area contributed by atoms with Crippen molar-refractivity contribution in [2.45, 2.75) is 17.9 Å². The monoisotopic (exact) mass is 388 g/mol. The average Bonchev–Trinajstić information content (AvgIpc) is 2.69. The fraction of sp³-hybridized carbons (Fsp3) is 0.300. The van der Waals surface area contributed by atoms with Gasteiger partial charge in [0.1, 0.15) is 11.9 Å². The molecule has 1 heterocycles. The van der Waals surface area contributed by atoms with Gasteiger partial charge in [0.2, 0.25) is 5.91 Å². The van der Waals surface area contributed by atoms with Gasteiger partial charge in [-0.15, -0.1) is 11.8 Å². The summed E-state index contributed by atoms with van der Waals surface area (Å²) in [5, 5.41) is 2.97. The number of halogens is 1. The smallest absolute Gasteiger partial charge is 0.327 e. The molecule has 27 heavy (non-hydrogen) atoms. The molecule has 2 aromatic carbocycles. The van der Waals surface area contributed by atoms with E-state index < -0.39 is 12.0 Å². The molecule has 0 saturated carbocycles. The largest absolute Gasteiger partial charge is 0.468 e. The molecule has 1 aliphatic rings. The van der Waals surface area contributed by atoms with Gasteiger partial charge >= 0.3 is 5.97 Å². The van der Waals surface area contributed by atoms with Crippen molar-refractivity contribution in [1.82, 2.24) is 5.32 Å². The number of fused-ring (bicyclic) bond motifs is 1. The number of hydrogen-bond donors (Lipinski definition) is 1. The minimum Gasteiger partial charge on any atom is -0.468 e. The average molecular weight is 388 g/mol. The lowest BCUT2D eigenvalue weighted by molar-refractivity contribution is -0.143. The molecule has 0 aromatic heterocycles. The molecule has 0 bridgehead atoms. The van der Waals surface area contributed by atoms with Crippen molar-refractivity contribution in [3.63, 3.8) is 0 Å². The molecular formula is C20H21FN2O3S. The Labute approximate surface area is 161 Å². The van der Waals surface area contributed by atoms with Gasteiger partial charge in [-0.1, -0.05) is 24.3 Å². The number of para-hydroxylation sites is 1. The number of nitrogens with one attached hydrogen (secondary N) is 1. The molecule has 1 N–H and O–H groups in total. The number of carbonyl (C=O) groups excluding carboxylic acids is 2. The molecule has 1 atom stereocenters. The zero-order chi connectivity index (χ0) is 19.4. The predicted molar refractivity (Wildman–Crippen MR) is 103 cm³/mol. The van der Waals surface area contributed by atoms with Crippen molar-refractivity contribution in [1.29, 1.82) is 0 Å². The number of carbonyl (C=O) groups is 2. The highest BCUT2D eigenvalue weighted by atomic mass is 32.2. The number of thioether (sulfide) groups is 1. The maximum atomic E-state index is 13.5. The van der Waals surface area contributed by atoms with Crippen LogP contribution < -0.4 is 10.2 Å². The number of hydrogen-bond acceptors (Lipinski definition) is 5. The predicted octanol–water partition coefficient (Wildman–Crippen LogP) is 3.08. The van der Waals surface area contributed by atoms with Crippen molar-refractivity contribution < 1.29 is 18.7 Å². The fourth-order valence-electron chi connectivity index (χ4n) is 3.02. The Morgan fingerprint density at radius 2 is 2.07 bits per heavy atom. The first-order valence-corrected chi connectivity index (χ1v) is 9.59. The summed E-state index contributed by atoms with van der Waals surface area (Å²) >= 11 is 1.72. The van der Waals surface area contributed by atoms with Crippen LogP contribution in [-0.2, 0) is 14.3 Å². The van der Waals surface area contributed by atoms with Crippen molar-refractivity contribution >= 4 is 29.3 Å². The van der Waals surface area contributed by atoms with Crippen LogP contribution in [0.25, 0.3) is 0 Å². The van der Waals surface area contributed by atoms with Crippen LogP contribution in [0, 0.1) is 12.7 Å². The minimum absolute atomic E-state index is 0.0325. The molecule has 2 aromatic rings. The Kier molecular flexibility index (Phi) is 6.13. The van der Waals surface area contributed by atoms with E-state index in [1.807, 2.05) is 24.3 Å². The van der Waals surface area contributed by atoms with Crippen molar-refractivity contribution in [2.24, 2.45) is 0 Å². The molecular weight excluding hydrogens is 367 g/mol. The van der Waals surface area contributed by atoms with Gasteiger partial charge in [-0.05, 0) is 36.2 Å². The molecule has 0 spiro atoms. The maximum absolute atomic E-state index is 13.5. The number of methoxy groups -OCH3 is 1. The van der Waals surface area contributed by atoms with E-state index in [4.69, 9.17) is 4.74 Å². The summed E-state index contributed by atoms with van der Waals surface area (Å²) in [6.07, 6.45) is 0. The Morgan fingerprint density at radius 1 is 1.30 bits per heavy atom. The van der Waals surface area contributed by atoms with Crippen LogP contribution in [0.1, 0.15) is 17.2 Å². The molecule has 5 nitrogen and oxygen atoms in total. The number of nitrogens with zero attached hydrogens (tertiary/aromatic N) is 1. The number of anilines is 1. The summed E-state index contributed by atoms with van der Waals surface area (Å²) in [4.78, 5) is 27.8. The molecule has 142 valence electrons. The van der Waals surface area contributed by atoms with E-state index in [2.05, 4.69) is 5.32 Å². The number of esters is 1. The first-order chi connectivity index (χ1) is 13.0. The van der Waals surface area contributed by atoms with E-state index in [9.17, 15) is 14.0 Å². The second kappa shape index (κ2) is 8.54. The Morgan fingerprint density at radius 3 is 2.81 bits per heavy atom. The first-order valence-electron chi connectivity index (χ1n) is 8.60. The molecule has 0 aliphatic carbocycles. The third-order valence-electron chi connectivity index (χ3n) is 4.44. The van der Waals surface area contributed by atoms with Crippen LogP contribution in [-0.4, -0.2) is 37.8 Å². The highest BCUT2D eigenvalue weighted by Crippen LogP contribution is 2.34. The van der Waals surface area contributed by atoms with Crippen LogP contribution in [0.4, 0.5) is 10.1 Å². The molecule has 1 amide bonds. The number of rotatable bonds is 5. The van der Waals surface area contributed by atoms with Gasteiger partial charge in [-0.2, -0.15) is 0 Å². The molecule has 1 aliphatic heterocycles. The van der Waals surface area contributed by atoms with Crippen LogP contribution in [0.5, 0.6) is 0 Å². The zero-order valence-electron chi connectivity index (χ0n) is 15.2. The van der Waals surface area contributed by atoms with E-state index in [1.165, 1.54) is 19.2 Å². The van der Waals surface area contributed by atoms with Gasteiger partial charge in [0, 0.05) is 17.2 Å². The second-order valence-electron chi connectivity index (χ2n) is 6.21. The maximum Gasteiger partial charge on any atom is 0.327 e. The van der Waals surface area contributed by atoms with Crippen LogP contribution in [0.15, 0.2) is 47.4 Å². The lowest BCUT2D eigenvalue weighted by Gasteiger charge is -2.29. The summed E-state index contributed by atoms with van der Waals surface area (Å²) in [6.45, 7) is 2.20. The summed E-state index contributed by atoms with van der Waals surface area (Å²) in [5.41, 5.74) is 1.87. The van der Waals surface area contributed by atoms with Crippen molar-refractivity contribution in [3.8, 4) is 0 Å².